The topological polar surface area (TPSA) is 51.8 Å². The molecule has 1 heterocycles. The third kappa shape index (κ3) is 2.99. The molecule has 0 saturated heterocycles. The summed E-state index contributed by atoms with van der Waals surface area (Å²) in [6.07, 6.45) is 0.951. The van der Waals surface area contributed by atoms with Crippen molar-refractivity contribution in [1.82, 2.24) is 9.97 Å². The normalized spacial score (nSPS) is 13.2. The number of aryl methyl sites for hydroxylation is 1. The molecule has 1 unspecified atom stereocenters. The van der Waals surface area contributed by atoms with Gasteiger partial charge in [-0.25, -0.2) is 9.97 Å². The minimum absolute atomic E-state index is 0.244. The zero-order valence-electron chi connectivity index (χ0n) is 10.1. The van der Waals surface area contributed by atoms with E-state index in [4.69, 9.17) is 5.73 Å². The van der Waals surface area contributed by atoms with Crippen molar-refractivity contribution in [2.45, 2.75) is 46.0 Å². The van der Waals surface area contributed by atoms with Gasteiger partial charge in [0.1, 0.15) is 5.82 Å². The number of nitrogens with zero attached hydrogens (tertiary/aromatic N) is 2. The molecule has 0 saturated carbocycles. The Kier molecular flexibility index (Phi) is 4.21. The Morgan fingerprint density at radius 1 is 1.27 bits per heavy atom. The zero-order valence-corrected chi connectivity index (χ0v) is 10.1. The van der Waals surface area contributed by atoms with Crippen molar-refractivity contribution < 1.29 is 0 Å². The molecule has 84 valence electrons. The molecule has 0 amide bonds. The van der Waals surface area contributed by atoms with Crippen molar-refractivity contribution in [3.63, 3.8) is 0 Å². The maximum Gasteiger partial charge on any atom is 0.132 e. The van der Waals surface area contributed by atoms with E-state index in [0.717, 1.165) is 23.6 Å². The van der Waals surface area contributed by atoms with Crippen molar-refractivity contribution in [2.24, 2.45) is 5.73 Å². The van der Waals surface area contributed by atoms with Crippen LogP contribution in [0.15, 0.2) is 6.07 Å². The Morgan fingerprint density at radius 3 is 2.40 bits per heavy atom. The van der Waals surface area contributed by atoms with Crippen molar-refractivity contribution in [2.75, 3.05) is 6.54 Å². The molecule has 0 aliphatic carbocycles. The molecule has 3 heteroatoms. The summed E-state index contributed by atoms with van der Waals surface area (Å²) in [5, 5.41) is 0. The number of nitrogens with two attached hydrogens (primary N) is 1. The number of hydrogen-bond donors (Lipinski definition) is 1. The van der Waals surface area contributed by atoms with Gasteiger partial charge in [-0.15, -0.1) is 0 Å². The lowest BCUT2D eigenvalue weighted by atomic mass is 10.1. The summed E-state index contributed by atoms with van der Waals surface area (Å²) in [7, 11) is 0. The monoisotopic (exact) mass is 207 g/mol. The van der Waals surface area contributed by atoms with Gasteiger partial charge in [0.25, 0.3) is 0 Å². The van der Waals surface area contributed by atoms with E-state index in [1.807, 2.05) is 0 Å². The first-order valence-corrected chi connectivity index (χ1v) is 5.66. The Bertz CT molecular complexity index is 321. The highest BCUT2D eigenvalue weighted by Gasteiger charge is 2.11. The first-order valence-electron chi connectivity index (χ1n) is 5.66. The van der Waals surface area contributed by atoms with Crippen LogP contribution < -0.4 is 5.73 Å². The van der Waals surface area contributed by atoms with Crippen LogP contribution in [0.25, 0.3) is 0 Å². The molecule has 0 bridgehead atoms. The van der Waals surface area contributed by atoms with Gasteiger partial charge in [0, 0.05) is 23.9 Å². The van der Waals surface area contributed by atoms with Crippen LogP contribution in [-0.2, 0) is 6.42 Å². The molecular weight excluding hydrogens is 186 g/mol. The van der Waals surface area contributed by atoms with E-state index in [9.17, 15) is 0 Å². The quantitative estimate of drug-likeness (QED) is 0.823. The van der Waals surface area contributed by atoms with Crippen LogP contribution in [0.2, 0.25) is 0 Å². The number of rotatable bonds is 4. The summed E-state index contributed by atoms with van der Waals surface area (Å²) < 4.78 is 0. The second-order valence-electron chi connectivity index (χ2n) is 4.29. The summed E-state index contributed by atoms with van der Waals surface area (Å²) in [4.78, 5) is 9.07. The van der Waals surface area contributed by atoms with Gasteiger partial charge in [0.05, 0.1) is 0 Å². The Morgan fingerprint density at radius 2 is 1.93 bits per heavy atom. The lowest BCUT2D eigenvalue weighted by Gasteiger charge is -2.12. The molecule has 1 aromatic heterocycles. The van der Waals surface area contributed by atoms with Crippen LogP contribution >= 0.6 is 0 Å². The minimum atomic E-state index is 0.244. The van der Waals surface area contributed by atoms with E-state index in [-0.39, 0.29) is 5.92 Å². The molecule has 0 fully saturated rings. The van der Waals surface area contributed by atoms with Gasteiger partial charge in [-0.1, -0.05) is 27.7 Å². The first kappa shape index (κ1) is 12.1. The molecular formula is C12H21N3. The molecule has 1 atom stereocenters. The molecule has 0 spiro atoms. The summed E-state index contributed by atoms with van der Waals surface area (Å²) >= 11 is 0. The Balaban J connectivity index is 3.11. The third-order valence-electron chi connectivity index (χ3n) is 2.56. The minimum Gasteiger partial charge on any atom is -0.330 e. The predicted molar refractivity (Wildman–Crippen MR) is 63.0 cm³/mol. The molecule has 0 radical (unpaired) electrons. The van der Waals surface area contributed by atoms with Crippen molar-refractivity contribution >= 4 is 0 Å². The summed E-state index contributed by atoms with van der Waals surface area (Å²) in [5.41, 5.74) is 7.88. The van der Waals surface area contributed by atoms with E-state index >= 15 is 0 Å². The molecule has 3 nitrogen and oxygen atoms in total. The molecule has 1 aromatic rings. The van der Waals surface area contributed by atoms with Crippen LogP contribution in [-0.4, -0.2) is 16.5 Å². The maximum atomic E-state index is 5.64. The van der Waals surface area contributed by atoms with Gasteiger partial charge in [-0.2, -0.15) is 0 Å². The first-order chi connectivity index (χ1) is 7.08. The highest BCUT2D eigenvalue weighted by Crippen LogP contribution is 2.16. The van der Waals surface area contributed by atoms with Crippen molar-refractivity contribution in [3.8, 4) is 0 Å². The fraction of sp³-hybridized carbons (Fsp3) is 0.667. The van der Waals surface area contributed by atoms with E-state index in [0.29, 0.717) is 12.5 Å². The number of aromatic nitrogens is 2. The summed E-state index contributed by atoms with van der Waals surface area (Å²) in [6.45, 7) is 9.09. The van der Waals surface area contributed by atoms with E-state index in [2.05, 4.69) is 43.7 Å². The average molecular weight is 207 g/mol. The lowest BCUT2D eigenvalue weighted by Crippen LogP contribution is -2.14. The van der Waals surface area contributed by atoms with Gasteiger partial charge < -0.3 is 5.73 Å². The highest BCUT2D eigenvalue weighted by atomic mass is 14.9. The smallest absolute Gasteiger partial charge is 0.132 e. The van der Waals surface area contributed by atoms with Gasteiger partial charge in [0.2, 0.25) is 0 Å². The van der Waals surface area contributed by atoms with Crippen LogP contribution in [0.4, 0.5) is 0 Å². The Labute approximate surface area is 92.1 Å². The average Bonchev–Trinajstić information content (AvgIpc) is 2.27. The fourth-order valence-corrected chi connectivity index (χ4v) is 1.34. The SMILES string of the molecule is CCc1cc(C(C)C)nc(C(C)CN)n1. The van der Waals surface area contributed by atoms with Crippen molar-refractivity contribution in [1.29, 1.82) is 0 Å². The van der Waals surface area contributed by atoms with Crippen LogP contribution in [0, 0.1) is 0 Å². The van der Waals surface area contributed by atoms with Crippen LogP contribution in [0.1, 0.15) is 56.7 Å². The predicted octanol–water partition coefficient (Wildman–Crippen LogP) is 2.22. The van der Waals surface area contributed by atoms with Crippen LogP contribution in [0.3, 0.4) is 0 Å². The second-order valence-corrected chi connectivity index (χ2v) is 4.29. The lowest BCUT2D eigenvalue weighted by molar-refractivity contribution is 0.679. The zero-order chi connectivity index (χ0) is 11.4. The number of hydrogen-bond acceptors (Lipinski definition) is 3. The summed E-state index contributed by atoms with van der Waals surface area (Å²) in [5.74, 6) is 1.58. The van der Waals surface area contributed by atoms with Crippen LogP contribution in [0.5, 0.6) is 0 Å². The maximum absolute atomic E-state index is 5.64. The second kappa shape index (κ2) is 5.21. The van der Waals surface area contributed by atoms with Gasteiger partial charge in [-0.05, 0) is 18.4 Å². The van der Waals surface area contributed by atoms with Gasteiger partial charge in [0.15, 0.2) is 0 Å². The largest absolute Gasteiger partial charge is 0.330 e. The molecule has 2 N–H and O–H groups in total. The van der Waals surface area contributed by atoms with Gasteiger partial charge >= 0.3 is 0 Å². The summed E-state index contributed by atoms with van der Waals surface area (Å²) in [6, 6.07) is 2.09. The molecule has 0 aliphatic heterocycles. The van der Waals surface area contributed by atoms with Crippen molar-refractivity contribution in [3.05, 3.63) is 23.3 Å². The molecule has 15 heavy (non-hydrogen) atoms. The molecule has 0 aromatic carbocycles. The van der Waals surface area contributed by atoms with Gasteiger partial charge in [-0.3, -0.25) is 0 Å². The van der Waals surface area contributed by atoms with E-state index in [1.165, 1.54) is 0 Å². The fourth-order valence-electron chi connectivity index (χ4n) is 1.34. The Hall–Kier alpha value is -0.960. The highest BCUT2D eigenvalue weighted by molar-refractivity contribution is 5.16. The van der Waals surface area contributed by atoms with E-state index < -0.39 is 0 Å². The molecule has 1 rings (SSSR count). The molecule has 0 aliphatic rings. The standard InChI is InChI=1S/C12H21N3/c1-5-10-6-11(8(2)3)15-12(14-10)9(4)7-13/h6,8-9H,5,7,13H2,1-4H3. The third-order valence-corrected chi connectivity index (χ3v) is 2.56. The van der Waals surface area contributed by atoms with E-state index in [1.54, 1.807) is 0 Å².